The summed E-state index contributed by atoms with van der Waals surface area (Å²) >= 11 is 1.36. The molecule has 0 unspecified atom stereocenters. The zero-order chi connectivity index (χ0) is 17.3. The summed E-state index contributed by atoms with van der Waals surface area (Å²) < 4.78 is 6.70. The molecule has 0 aliphatic rings. The van der Waals surface area contributed by atoms with Crippen LogP contribution >= 0.6 is 11.8 Å². The molecule has 3 rings (SSSR count). The number of Topliss-reactive ketones (excluding diaryl/α,β-unsaturated/α-hetero) is 1. The Hall–Kier alpha value is -2.54. The Morgan fingerprint density at radius 2 is 2.12 bits per heavy atom. The first-order valence-corrected chi connectivity index (χ1v) is 8.37. The lowest BCUT2D eigenvalue weighted by Gasteiger charge is -2.02. The Balaban J connectivity index is 1.80. The van der Waals surface area contributed by atoms with Gasteiger partial charge < -0.3 is 9.72 Å². The van der Waals surface area contributed by atoms with Gasteiger partial charge in [-0.1, -0.05) is 17.8 Å². The molecule has 3 aromatic heterocycles. The fourth-order valence-electron chi connectivity index (χ4n) is 2.67. The predicted molar refractivity (Wildman–Crippen MR) is 91.9 cm³/mol. The molecule has 3 aromatic rings. The Morgan fingerprint density at radius 3 is 2.88 bits per heavy atom. The molecule has 124 valence electrons. The number of aromatic amines is 1. The van der Waals surface area contributed by atoms with Gasteiger partial charge in [-0.3, -0.25) is 9.20 Å². The van der Waals surface area contributed by atoms with Crippen LogP contribution in [0.15, 0.2) is 35.7 Å². The second-order valence-corrected chi connectivity index (χ2v) is 6.31. The third-order valence-corrected chi connectivity index (χ3v) is 4.81. The van der Waals surface area contributed by atoms with E-state index in [1.54, 1.807) is 20.0 Å². The number of aromatic nitrogens is 3. The number of hydrogen-bond acceptors (Lipinski definition) is 5. The van der Waals surface area contributed by atoms with Crippen molar-refractivity contribution >= 4 is 29.0 Å². The van der Waals surface area contributed by atoms with Gasteiger partial charge in [-0.15, -0.1) is 0 Å². The van der Waals surface area contributed by atoms with Crippen LogP contribution in [-0.4, -0.2) is 39.0 Å². The minimum Gasteiger partial charge on any atom is -0.465 e. The van der Waals surface area contributed by atoms with E-state index in [-0.39, 0.29) is 11.5 Å². The molecule has 7 heteroatoms. The fraction of sp³-hybridized carbons (Fsp3) is 0.235. The van der Waals surface area contributed by atoms with E-state index < -0.39 is 5.97 Å². The molecule has 0 amide bonds. The number of H-pyrrole nitrogens is 1. The molecule has 1 N–H and O–H groups in total. The average molecular weight is 343 g/mol. The number of pyridine rings is 1. The van der Waals surface area contributed by atoms with Gasteiger partial charge in [0, 0.05) is 11.9 Å². The molecule has 3 heterocycles. The number of methoxy groups -OCH3 is 1. The highest BCUT2D eigenvalue weighted by Gasteiger charge is 2.22. The topological polar surface area (TPSA) is 76.5 Å². The number of imidazole rings is 1. The van der Waals surface area contributed by atoms with Gasteiger partial charge >= 0.3 is 5.97 Å². The molecule has 0 radical (unpaired) electrons. The number of ether oxygens (including phenoxy) is 1. The summed E-state index contributed by atoms with van der Waals surface area (Å²) in [5.74, 6) is -0.286. The minimum absolute atomic E-state index is 0.0802. The highest BCUT2D eigenvalue weighted by molar-refractivity contribution is 7.99. The van der Waals surface area contributed by atoms with E-state index in [4.69, 9.17) is 4.74 Å². The summed E-state index contributed by atoms with van der Waals surface area (Å²) in [5.41, 5.74) is 3.11. The molecule has 0 bridgehead atoms. The first kappa shape index (κ1) is 16.3. The summed E-state index contributed by atoms with van der Waals surface area (Å²) in [7, 11) is 1.33. The van der Waals surface area contributed by atoms with E-state index in [0.29, 0.717) is 22.5 Å². The number of carbonyl (C=O) groups is 2. The van der Waals surface area contributed by atoms with Crippen molar-refractivity contribution in [1.82, 2.24) is 14.4 Å². The van der Waals surface area contributed by atoms with Crippen molar-refractivity contribution in [2.75, 3.05) is 12.9 Å². The third-order valence-electron chi connectivity index (χ3n) is 3.84. The Labute approximate surface area is 143 Å². The standard InChI is InChI=1S/C17H17N3O3S/c1-10-14(16(22)23-3)11(2)19-15(10)13(21)9-24-17-18-8-12-6-4-5-7-20(12)17/h4-8,19H,9H2,1-3H3. The van der Waals surface area contributed by atoms with Crippen LogP contribution in [0, 0.1) is 13.8 Å². The predicted octanol–water partition coefficient (Wildman–Crippen LogP) is 3.04. The number of nitrogens with one attached hydrogen (secondary N) is 1. The van der Waals surface area contributed by atoms with E-state index in [1.165, 1.54) is 18.9 Å². The van der Waals surface area contributed by atoms with Crippen molar-refractivity contribution < 1.29 is 14.3 Å². The van der Waals surface area contributed by atoms with Crippen LogP contribution in [0.25, 0.3) is 5.52 Å². The highest BCUT2D eigenvalue weighted by Crippen LogP contribution is 2.23. The summed E-state index contributed by atoms with van der Waals surface area (Å²) in [6.07, 6.45) is 3.68. The van der Waals surface area contributed by atoms with Crippen molar-refractivity contribution in [1.29, 1.82) is 0 Å². The maximum absolute atomic E-state index is 12.5. The first-order chi connectivity index (χ1) is 11.5. The van der Waals surface area contributed by atoms with Gasteiger partial charge in [0.2, 0.25) is 0 Å². The average Bonchev–Trinajstić information content (AvgIpc) is 3.13. The molecular formula is C17H17N3O3S. The van der Waals surface area contributed by atoms with Crippen molar-refractivity contribution in [3.8, 4) is 0 Å². The number of esters is 1. The SMILES string of the molecule is COC(=O)c1c(C)[nH]c(C(=O)CSc2ncc3ccccn23)c1C. The molecule has 0 spiro atoms. The molecule has 0 atom stereocenters. The lowest BCUT2D eigenvalue weighted by molar-refractivity contribution is 0.0599. The van der Waals surface area contributed by atoms with Gasteiger partial charge in [0.1, 0.15) is 0 Å². The molecule has 0 aromatic carbocycles. The van der Waals surface area contributed by atoms with E-state index in [0.717, 1.165) is 10.7 Å². The number of nitrogens with zero attached hydrogens (tertiary/aromatic N) is 2. The van der Waals surface area contributed by atoms with Gasteiger partial charge in [0.15, 0.2) is 10.9 Å². The van der Waals surface area contributed by atoms with Crippen molar-refractivity contribution in [3.63, 3.8) is 0 Å². The molecule has 0 aliphatic heterocycles. The fourth-order valence-corrected chi connectivity index (χ4v) is 3.50. The number of thioether (sulfide) groups is 1. The van der Waals surface area contributed by atoms with Crippen LogP contribution in [-0.2, 0) is 4.74 Å². The van der Waals surface area contributed by atoms with E-state index in [1.807, 2.05) is 28.8 Å². The molecular weight excluding hydrogens is 326 g/mol. The van der Waals surface area contributed by atoms with Crippen LogP contribution in [0.3, 0.4) is 0 Å². The molecule has 6 nitrogen and oxygen atoms in total. The first-order valence-electron chi connectivity index (χ1n) is 7.38. The number of ketones is 1. The second-order valence-electron chi connectivity index (χ2n) is 5.36. The summed E-state index contributed by atoms with van der Waals surface area (Å²) in [5, 5.41) is 0.757. The highest BCUT2D eigenvalue weighted by atomic mass is 32.2. The normalized spacial score (nSPS) is 11.0. The molecule has 0 saturated carbocycles. The van der Waals surface area contributed by atoms with Gasteiger partial charge in [0.25, 0.3) is 0 Å². The summed E-state index contributed by atoms with van der Waals surface area (Å²) in [4.78, 5) is 31.7. The Kier molecular flexibility index (Phi) is 4.44. The zero-order valence-corrected chi connectivity index (χ0v) is 14.4. The smallest absolute Gasteiger partial charge is 0.339 e. The number of fused-ring (bicyclic) bond motifs is 1. The summed E-state index contributed by atoms with van der Waals surface area (Å²) in [6.45, 7) is 3.50. The third kappa shape index (κ3) is 2.82. The number of hydrogen-bond donors (Lipinski definition) is 1. The van der Waals surface area contributed by atoms with Crippen molar-refractivity contribution in [2.45, 2.75) is 19.0 Å². The van der Waals surface area contributed by atoms with Crippen LogP contribution in [0.5, 0.6) is 0 Å². The zero-order valence-electron chi connectivity index (χ0n) is 13.6. The lowest BCUT2D eigenvalue weighted by atomic mass is 10.1. The minimum atomic E-state index is -0.438. The van der Waals surface area contributed by atoms with Gasteiger partial charge in [-0.05, 0) is 31.5 Å². The van der Waals surface area contributed by atoms with Crippen LogP contribution in [0.1, 0.15) is 32.1 Å². The molecule has 0 aliphatic carbocycles. The molecule has 24 heavy (non-hydrogen) atoms. The second kappa shape index (κ2) is 6.52. The van der Waals surface area contributed by atoms with E-state index in [9.17, 15) is 9.59 Å². The van der Waals surface area contributed by atoms with Crippen molar-refractivity contribution in [2.24, 2.45) is 0 Å². The number of rotatable bonds is 5. The van der Waals surface area contributed by atoms with Crippen molar-refractivity contribution in [3.05, 3.63) is 53.1 Å². The quantitative estimate of drug-likeness (QED) is 0.438. The monoisotopic (exact) mass is 343 g/mol. The van der Waals surface area contributed by atoms with Crippen LogP contribution < -0.4 is 0 Å². The van der Waals surface area contributed by atoms with Gasteiger partial charge in [-0.2, -0.15) is 0 Å². The maximum Gasteiger partial charge on any atom is 0.339 e. The van der Waals surface area contributed by atoms with Crippen LogP contribution in [0.4, 0.5) is 0 Å². The summed E-state index contributed by atoms with van der Waals surface area (Å²) in [6, 6.07) is 5.82. The lowest BCUT2D eigenvalue weighted by Crippen LogP contribution is -2.07. The van der Waals surface area contributed by atoms with E-state index >= 15 is 0 Å². The number of carbonyl (C=O) groups excluding carboxylic acids is 2. The molecule has 0 saturated heterocycles. The number of aryl methyl sites for hydroxylation is 1. The Bertz CT molecular complexity index is 926. The largest absolute Gasteiger partial charge is 0.465 e. The van der Waals surface area contributed by atoms with Gasteiger partial charge in [-0.25, -0.2) is 9.78 Å². The van der Waals surface area contributed by atoms with E-state index in [2.05, 4.69) is 9.97 Å². The Morgan fingerprint density at radius 1 is 1.33 bits per heavy atom. The maximum atomic E-state index is 12.5. The van der Waals surface area contributed by atoms with Gasteiger partial charge in [0.05, 0.1) is 35.8 Å². The molecule has 0 fully saturated rings. The van der Waals surface area contributed by atoms with Crippen LogP contribution in [0.2, 0.25) is 0 Å².